The minimum atomic E-state index is -0.301. The molecule has 0 bridgehead atoms. The molecule has 2 rings (SSSR count). The summed E-state index contributed by atoms with van der Waals surface area (Å²) in [5, 5.41) is 3.31. The number of hydrogen-bond donors (Lipinski definition) is 1. The summed E-state index contributed by atoms with van der Waals surface area (Å²) in [5.41, 5.74) is 3.55. The summed E-state index contributed by atoms with van der Waals surface area (Å²) in [7, 11) is 0. The Morgan fingerprint density at radius 1 is 1.21 bits per heavy atom. The van der Waals surface area contributed by atoms with Gasteiger partial charge in [-0.05, 0) is 25.0 Å². The minimum Gasteiger partial charge on any atom is -0.314 e. The highest BCUT2D eigenvalue weighted by atomic mass is 35.5. The lowest BCUT2D eigenvalue weighted by atomic mass is 9.98. The van der Waals surface area contributed by atoms with Gasteiger partial charge in [0.2, 0.25) is 0 Å². The smallest absolute Gasteiger partial charge is 0.109 e. The number of rotatable bonds is 3. The molecule has 0 radical (unpaired) electrons. The van der Waals surface area contributed by atoms with E-state index in [0.29, 0.717) is 0 Å². The zero-order valence-electron chi connectivity index (χ0n) is 11.5. The van der Waals surface area contributed by atoms with Gasteiger partial charge in [0.05, 0.1) is 6.04 Å². The Morgan fingerprint density at radius 2 is 1.84 bits per heavy atom. The Kier molecular flexibility index (Phi) is 8.59. The number of aryl methyl sites for hydroxylation is 2. The Morgan fingerprint density at radius 3 is 2.42 bits per heavy atom. The van der Waals surface area contributed by atoms with Crippen molar-refractivity contribution >= 4 is 24.8 Å². The van der Waals surface area contributed by atoms with Crippen LogP contribution in [0.1, 0.15) is 22.7 Å². The number of alkyl halides is 1. The fourth-order valence-corrected chi connectivity index (χ4v) is 2.49. The molecule has 0 aromatic heterocycles. The average molecular weight is 309 g/mol. The second-order valence-electron chi connectivity index (χ2n) is 4.82. The van der Waals surface area contributed by atoms with Crippen LogP contribution >= 0.6 is 24.8 Å². The van der Waals surface area contributed by atoms with E-state index >= 15 is 0 Å². The number of nitrogens with zero attached hydrogens (tertiary/aromatic N) is 1. The highest BCUT2D eigenvalue weighted by molar-refractivity contribution is 5.85. The van der Waals surface area contributed by atoms with Gasteiger partial charge in [-0.15, -0.1) is 24.8 Å². The van der Waals surface area contributed by atoms with Gasteiger partial charge >= 0.3 is 0 Å². The van der Waals surface area contributed by atoms with Crippen LogP contribution < -0.4 is 5.32 Å². The van der Waals surface area contributed by atoms with Crippen molar-refractivity contribution in [2.24, 2.45) is 0 Å². The number of benzene rings is 1. The Bertz CT molecular complexity index is 382. The summed E-state index contributed by atoms with van der Waals surface area (Å²) in [5.74, 6) is 0. The number of halogens is 3. The van der Waals surface area contributed by atoms with E-state index in [4.69, 9.17) is 0 Å². The molecule has 0 saturated carbocycles. The molecule has 0 unspecified atom stereocenters. The molecule has 1 heterocycles. The van der Waals surface area contributed by atoms with E-state index in [0.717, 1.165) is 31.7 Å². The molecule has 0 amide bonds. The van der Waals surface area contributed by atoms with E-state index in [-0.39, 0.29) is 37.5 Å². The van der Waals surface area contributed by atoms with E-state index in [1.807, 2.05) is 0 Å². The van der Waals surface area contributed by atoms with Crippen molar-refractivity contribution in [3.8, 4) is 0 Å². The first kappa shape index (κ1) is 18.7. The van der Waals surface area contributed by atoms with Crippen LogP contribution in [0, 0.1) is 13.8 Å². The van der Waals surface area contributed by atoms with E-state index < -0.39 is 0 Å². The summed E-state index contributed by atoms with van der Waals surface area (Å²) < 4.78 is 13.4. The summed E-state index contributed by atoms with van der Waals surface area (Å²) in [6, 6.07) is 6.24. The van der Waals surface area contributed by atoms with Crippen LogP contribution in [0.4, 0.5) is 4.39 Å². The maximum absolute atomic E-state index is 13.4. The molecule has 1 aliphatic heterocycles. The van der Waals surface area contributed by atoms with Crippen LogP contribution in [0.25, 0.3) is 0 Å². The molecule has 1 aromatic carbocycles. The molecule has 2 nitrogen and oxygen atoms in total. The monoisotopic (exact) mass is 308 g/mol. The highest BCUT2D eigenvalue weighted by Gasteiger charge is 2.23. The molecule has 0 aliphatic carbocycles. The van der Waals surface area contributed by atoms with Crippen molar-refractivity contribution in [3.05, 3.63) is 34.9 Å². The molecule has 110 valence electrons. The zero-order valence-corrected chi connectivity index (χ0v) is 13.1. The van der Waals surface area contributed by atoms with Crippen LogP contribution in [0.2, 0.25) is 0 Å². The van der Waals surface area contributed by atoms with E-state index in [9.17, 15) is 4.39 Å². The summed E-state index contributed by atoms with van der Waals surface area (Å²) >= 11 is 0. The maximum Gasteiger partial charge on any atom is 0.109 e. The lowest BCUT2D eigenvalue weighted by Crippen LogP contribution is -2.45. The van der Waals surface area contributed by atoms with Crippen molar-refractivity contribution in [2.45, 2.75) is 19.9 Å². The van der Waals surface area contributed by atoms with Gasteiger partial charge in [-0.25, -0.2) is 4.39 Å². The first-order valence-electron chi connectivity index (χ1n) is 6.30. The SMILES string of the molecule is Cc1ccc(C)c([C@@H](CF)N2CCNCC2)c1.Cl.Cl. The van der Waals surface area contributed by atoms with Crippen LogP contribution in [0.3, 0.4) is 0 Å². The van der Waals surface area contributed by atoms with Gasteiger partial charge in [0.1, 0.15) is 6.67 Å². The lowest BCUT2D eigenvalue weighted by Gasteiger charge is -2.34. The molecule has 1 N–H and O–H groups in total. The maximum atomic E-state index is 13.4. The quantitative estimate of drug-likeness (QED) is 0.923. The number of nitrogens with one attached hydrogen (secondary N) is 1. The second-order valence-corrected chi connectivity index (χ2v) is 4.82. The second kappa shape index (κ2) is 8.75. The van der Waals surface area contributed by atoms with Crippen molar-refractivity contribution in [1.29, 1.82) is 0 Å². The first-order valence-corrected chi connectivity index (χ1v) is 6.30. The predicted molar refractivity (Wildman–Crippen MR) is 83.6 cm³/mol. The largest absolute Gasteiger partial charge is 0.314 e. The molecule has 1 saturated heterocycles. The van der Waals surface area contributed by atoms with E-state index in [1.54, 1.807) is 0 Å². The third-order valence-electron chi connectivity index (χ3n) is 3.53. The average Bonchev–Trinajstić information content (AvgIpc) is 2.36. The molecule has 5 heteroatoms. The molecule has 0 spiro atoms. The van der Waals surface area contributed by atoms with Gasteiger partial charge in [0, 0.05) is 26.2 Å². The standard InChI is InChI=1S/C14H21FN2.2ClH/c1-11-3-4-12(2)13(9-11)14(10-15)17-7-5-16-6-8-17;;/h3-4,9,14,16H,5-8,10H2,1-2H3;2*1H/t14-;;/m1../s1. The fraction of sp³-hybridized carbons (Fsp3) is 0.571. The Labute approximate surface area is 127 Å². The van der Waals surface area contributed by atoms with E-state index in [1.165, 1.54) is 11.1 Å². The lowest BCUT2D eigenvalue weighted by molar-refractivity contribution is 0.147. The van der Waals surface area contributed by atoms with Gasteiger partial charge in [-0.1, -0.05) is 23.8 Å². The van der Waals surface area contributed by atoms with Crippen LogP contribution in [0.15, 0.2) is 18.2 Å². The Balaban J connectivity index is 0.00000162. The summed E-state index contributed by atoms with van der Waals surface area (Å²) in [6.45, 7) is 7.62. The fourth-order valence-electron chi connectivity index (χ4n) is 2.49. The topological polar surface area (TPSA) is 15.3 Å². The molecular formula is C14H23Cl2FN2. The molecule has 1 aliphatic rings. The Hall–Kier alpha value is -0.350. The van der Waals surface area contributed by atoms with Crippen molar-refractivity contribution in [3.63, 3.8) is 0 Å². The van der Waals surface area contributed by atoms with Gasteiger partial charge in [-0.2, -0.15) is 0 Å². The molecule has 1 aromatic rings. The van der Waals surface area contributed by atoms with Crippen molar-refractivity contribution in [2.75, 3.05) is 32.9 Å². The third-order valence-corrected chi connectivity index (χ3v) is 3.53. The third kappa shape index (κ3) is 4.60. The summed E-state index contributed by atoms with van der Waals surface area (Å²) in [6.07, 6.45) is 0. The van der Waals surface area contributed by atoms with Gasteiger partial charge in [0.25, 0.3) is 0 Å². The van der Waals surface area contributed by atoms with Gasteiger partial charge in [-0.3, -0.25) is 4.90 Å². The molecule has 1 atom stereocenters. The number of hydrogen-bond acceptors (Lipinski definition) is 2. The van der Waals surface area contributed by atoms with Crippen LogP contribution in [0.5, 0.6) is 0 Å². The normalized spacial score (nSPS) is 17.2. The molecular weight excluding hydrogens is 286 g/mol. The van der Waals surface area contributed by atoms with Crippen LogP contribution in [-0.2, 0) is 0 Å². The molecule has 1 fully saturated rings. The minimum absolute atomic E-state index is 0. The zero-order chi connectivity index (χ0) is 12.3. The van der Waals surface area contributed by atoms with Crippen molar-refractivity contribution in [1.82, 2.24) is 10.2 Å². The highest BCUT2D eigenvalue weighted by Crippen LogP contribution is 2.25. The van der Waals surface area contributed by atoms with Gasteiger partial charge < -0.3 is 5.32 Å². The van der Waals surface area contributed by atoms with Crippen LogP contribution in [-0.4, -0.2) is 37.8 Å². The van der Waals surface area contributed by atoms with Gasteiger partial charge in [0.15, 0.2) is 0 Å². The molecule has 19 heavy (non-hydrogen) atoms. The number of piperazine rings is 1. The summed E-state index contributed by atoms with van der Waals surface area (Å²) in [4.78, 5) is 2.25. The van der Waals surface area contributed by atoms with E-state index in [2.05, 4.69) is 42.3 Å². The first-order chi connectivity index (χ1) is 8.22. The van der Waals surface area contributed by atoms with Crippen molar-refractivity contribution < 1.29 is 4.39 Å². The predicted octanol–water partition coefficient (Wildman–Crippen LogP) is 3.06.